The predicted molar refractivity (Wildman–Crippen MR) is 79.5 cm³/mol. The molecule has 0 saturated carbocycles. The average molecular weight is 327 g/mol. The molecule has 5 nitrogen and oxygen atoms in total. The summed E-state index contributed by atoms with van der Waals surface area (Å²) in [7, 11) is -1.19. The van der Waals surface area contributed by atoms with Gasteiger partial charge in [-0.1, -0.05) is 0 Å². The first-order valence-corrected chi connectivity index (χ1v) is 8.69. The lowest BCUT2D eigenvalue weighted by atomic mass is 10.1. The van der Waals surface area contributed by atoms with Gasteiger partial charge in [0, 0.05) is 25.0 Å². The van der Waals surface area contributed by atoms with Crippen LogP contribution in [-0.4, -0.2) is 43.5 Å². The Hall–Kier alpha value is -1.83. The van der Waals surface area contributed by atoms with Gasteiger partial charge in [-0.05, 0) is 18.4 Å². The smallest absolute Gasteiger partial charge is 0.161 e. The standard InChI is InChI=1S/C14H15F2N3O2S/c1-19(6-9-2-3-22(20,21)7-9)14-10-4-11(15)12(16)5-13(10)17-8-18-14/h4-5,8-9H,2-3,6-7H2,1H3/t9-/m1/s1. The van der Waals surface area contributed by atoms with Crippen LogP contribution in [0.4, 0.5) is 14.6 Å². The van der Waals surface area contributed by atoms with Crippen molar-refractivity contribution in [3.05, 3.63) is 30.1 Å². The number of hydrogen-bond acceptors (Lipinski definition) is 5. The van der Waals surface area contributed by atoms with Crippen LogP contribution >= 0.6 is 0 Å². The summed E-state index contributed by atoms with van der Waals surface area (Å²) in [6.45, 7) is 0.490. The molecule has 0 aliphatic carbocycles. The molecular weight excluding hydrogens is 312 g/mol. The van der Waals surface area contributed by atoms with Crippen LogP contribution in [0, 0.1) is 17.6 Å². The van der Waals surface area contributed by atoms with Gasteiger partial charge in [-0.3, -0.25) is 0 Å². The number of benzene rings is 1. The van der Waals surface area contributed by atoms with Gasteiger partial charge < -0.3 is 4.90 Å². The molecule has 0 radical (unpaired) electrons. The van der Waals surface area contributed by atoms with Crippen molar-refractivity contribution in [1.82, 2.24) is 9.97 Å². The molecule has 1 fully saturated rings. The lowest BCUT2D eigenvalue weighted by Gasteiger charge is -2.22. The molecule has 0 bridgehead atoms. The van der Waals surface area contributed by atoms with E-state index in [2.05, 4.69) is 9.97 Å². The summed E-state index contributed by atoms with van der Waals surface area (Å²) in [6.07, 6.45) is 1.90. The average Bonchev–Trinajstić information content (AvgIpc) is 2.78. The third-order valence-corrected chi connectivity index (χ3v) is 5.71. The number of hydrogen-bond donors (Lipinski definition) is 0. The summed E-state index contributed by atoms with van der Waals surface area (Å²) in [6, 6.07) is 2.10. The number of nitrogens with zero attached hydrogens (tertiary/aromatic N) is 3. The zero-order chi connectivity index (χ0) is 15.9. The fourth-order valence-corrected chi connectivity index (χ4v) is 4.68. The van der Waals surface area contributed by atoms with Crippen molar-refractivity contribution in [2.45, 2.75) is 6.42 Å². The predicted octanol–water partition coefficient (Wildman–Crippen LogP) is 1.78. The number of fused-ring (bicyclic) bond motifs is 1. The van der Waals surface area contributed by atoms with Crippen LogP contribution in [0.3, 0.4) is 0 Å². The van der Waals surface area contributed by atoms with Crippen molar-refractivity contribution in [2.24, 2.45) is 5.92 Å². The van der Waals surface area contributed by atoms with Gasteiger partial charge in [0.1, 0.15) is 12.1 Å². The van der Waals surface area contributed by atoms with Crippen molar-refractivity contribution >= 4 is 26.6 Å². The van der Waals surface area contributed by atoms with Crippen LogP contribution in [0.15, 0.2) is 18.5 Å². The van der Waals surface area contributed by atoms with Crippen molar-refractivity contribution in [1.29, 1.82) is 0 Å². The molecular formula is C14H15F2N3O2S. The van der Waals surface area contributed by atoms with Crippen LogP contribution in [0.5, 0.6) is 0 Å². The van der Waals surface area contributed by atoms with Crippen LogP contribution in [0.1, 0.15) is 6.42 Å². The Morgan fingerprint density at radius 1 is 1.27 bits per heavy atom. The third-order valence-electron chi connectivity index (χ3n) is 3.88. The van der Waals surface area contributed by atoms with Gasteiger partial charge in [0.2, 0.25) is 0 Å². The minimum absolute atomic E-state index is 0.0188. The van der Waals surface area contributed by atoms with Gasteiger partial charge in [-0.25, -0.2) is 27.2 Å². The van der Waals surface area contributed by atoms with E-state index in [1.165, 1.54) is 6.33 Å². The molecule has 1 aromatic carbocycles. The second-order valence-corrected chi connectivity index (χ2v) is 7.86. The van der Waals surface area contributed by atoms with E-state index in [4.69, 9.17) is 0 Å². The molecule has 1 aromatic heterocycles. The number of aromatic nitrogens is 2. The van der Waals surface area contributed by atoms with E-state index in [0.29, 0.717) is 29.7 Å². The van der Waals surface area contributed by atoms with E-state index >= 15 is 0 Å². The van der Waals surface area contributed by atoms with E-state index in [9.17, 15) is 17.2 Å². The number of anilines is 1. The molecule has 0 amide bonds. The highest BCUT2D eigenvalue weighted by Crippen LogP contribution is 2.27. The van der Waals surface area contributed by atoms with E-state index in [1.54, 1.807) is 11.9 Å². The maximum absolute atomic E-state index is 13.5. The fourth-order valence-electron chi connectivity index (χ4n) is 2.83. The molecule has 1 saturated heterocycles. The van der Waals surface area contributed by atoms with Gasteiger partial charge in [0.25, 0.3) is 0 Å². The Morgan fingerprint density at radius 3 is 2.68 bits per heavy atom. The van der Waals surface area contributed by atoms with Crippen LogP contribution < -0.4 is 4.90 Å². The maximum atomic E-state index is 13.5. The van der Waals surface area contributed by atoms with Gasteiger partial charge >= 0.3 is 0 Å². The summed E-state index contributed by atoms with van der Waals surface area (Å²) in [5, 5.41) is 0.407. The summed E-state index contributed by atoms with van der Waals surface area (Å²) in [4.78, 5) is 9.84. The van der Waals surface area contributed by atoms with E-state index < -0.39 is 21.5 Å². The largest absolute Gasteiger partial charge is 0.359 e. The van der Waals surface area contributed by atoms with E-state index in [-0.39, 0.29) is 17.4 Å². The first kappa shape index (κ1) is 15.1. The van der Waals surface area contributed by atoms with Gasteiger partial charge in [0.05, 0.1) is 17.0 Å². The van der Waals surface area contributed by atoms with E-state index in [0.717, 1.165) is 12.1 Å². The van der Waals surface area contributed by atoms with Crippen LogP contribution in [-0.2, 0) is 9.84 Å². The Balaban J connectivity index is 1.91. The molecule has 0 spiro atoms. The molecule has 1 aliphatic rings. The molecule has 8 heteroatoms. The number of rotatable bonds is 3. The lowest BCUT2D eigenvalue weighted by molar-refractivity contribution is 0.510. The molecule has 2 heterocycles. The van der Waals surface area contributed by atoms with Crippen molar-refractivity contribution in [3.63, 3.8) is 0 Å². The molecule has 3 rings (SSSR count). The molecule has 2 aromatic rings. The minimum Gasteiger partial charge on any atom is -0.359 e. The first-order chi connectivity index (χ1) is 10.4. The van der Waals surface area contributed by atoms with Crippen LogP contribution in [0.25, 0.3) is 10.9 Å². The summed E-state index contributed by atoms with van der Waals surface area (Å²) >= 11 is 0. The van der Waals surface area contributed by atoms with Gasteiger partial charge in [0.15, 0.2) is 21.5 Å². The second kappa shape index (κ2) is 5.42. The molecule has 1 atom stereocenters. The Kier molecular flexibility index (Phi) is 3.72. The molecule has 0 unspecified atom stereocenters. The lowest BCUT2D eigenvalue weighted by Crippen LogP contribution is -2.27. The Morgan fingerprint density at radius 2 is 2.00 bits per heavy atom. The molecule has 0 N–H and O–H groups in total. The molecule has 1 aliphatic heterocycles. The van der Waals surface area contributed by atoms with Crippen LogP contribution in [0.2, 0.25) is 0 Å². The zero-order valence-electron chi connectivity index (χ0n) is 12.0. The third kappa shape index (κ3) is 2.87. The van der Waals surface area contributed by atoms with Gasteiger partial charge in [-0.15, -0.1) is 0 Å². The normalized spacial score (nSPS) is 20.4. The fraction of sp³-hybridized carbons (Fsp3) is 0.429. The minimum atomic E-state index is -2.95. The van der Waals surface area contributed by atoms with Gasteiger partial charge in [-0.2, -0.15) is 0 Å². The van der Waals surface area contributed by atoms with E-state index in [1.807, 2.05) is 0 Å². The highest BCUT2D eigenvalue weighted by molar-refractivity contribution is 7.91. The summed E-state index contributed by atoms with van der Waals surface area (Å²) in [5.41, 5.74) is 0.315. The summed E-state index contributed by atoms with van der Waals surface area (Å²) in [5.74, 6) is -1.07. The highest BCUT2D eigenvalue weighted by atomic mass is 32.2. The topological polar surface area (TPSA) is 63.2 Å². The quantitative estimate of drug-likeness (QED) is 0.860. The maximum Gasteiger partial charge on any atom is 0.161 e. The molecule has 118 valence electrons. The second-order valence-electron chi connectivity index (χ2n) is 5.63. The Bertz CT molecular complexity index is 826. The zero-order valence-corrected chi connectivity index (χ0v) is 12.8. The summed E-state index contributed by atoms with van der Waals surface area (Å²) < 4.78 is 49.8. The highest BCUT2D eigenvalue weighted by Gasteiger charge is 2.29. The number of halogens is 2. The molecule has 22 heavy (non-hydrogen) atoms. The SMILES string of the molecule is CN(C[C@H]1CCS(=O)(=O)C1)c1ncnc2cc(F)c(F)cc12. The number of sulfone groups is 1. The van der Waals surface area contributed by atoms with Crippen molar-refractivity contribution in [3.8, 4) is 0 Å². The Labute approximate surface area is 126 Å². The first-order valence-electron chi connectivity index (χ1n) is 6.87. The van der Waals surface area contributed by atoms with Crippen molar-refractivity contribution < 1.29 is 17.2 Å². The van der Waals surface area contributed by atoms with Crippen molar-refractivity contribution in [2.75, 3.05) is 30.0 Å². The monoisotopic (exact) mass is 327 g/mol.